The Labute approximate surface area is 122 Å². The first-order chi connectivity index (χ1) is 9.62. The highest BCUT2D eigenvalue weighted by Crippen LogP contribution is 2.21. The van der Waals surface area contributed by atoms with Crippen LogP contribution in [-0.4, -0.2) is 31.8 Å². The average Bonchev–Trinajstić information content (AvgIpc) is 3.06. The number of nitrogens with one attached hydrogen (secondary N) is 2. The van der Waals surface area contributed by atoms with Crippen LogP contribution in [0.4, 0.5) is 0 Å². The van der Waals surface area contributed by atoms with E-state index in [1.54, 1.807) is 16.9 Å². The van der Waals surface area contributed by atoms with E-state index in [9.17, 15) is 8.42 Å². The number of hydrogen-bond acceptors (Lipinski definition) is 5. The Hall–Kier alpha value is -1.22. The molecular formula is C12H18N4O2S2. The Bertz CT molecular complexity index is 620. The Morgan fingerprint density at radius 3 is 2.95 bits per heavy atom. The van der Waals surface area contributed by atoms with Gasteiger partial charge in [-0.3, -0.25) is 4.68 Å². The lowest BCUT2D eigenvalue weighted by Gasteiger charge is -2.05. The Balaban J connectivity index is 1.83. The number of nitrogens with zero attached hydrogens (tertiary/aromatic N) is 2. The van der Waals surface area contributed by atoms with E-state index in [-0.39, 0.29) is 0 Å². The molecule has 0 atom stereocenters. The van der Waals surface area contributed by atoms with Crippen LogP contribution in [0, 0.1) is 0 Å². The first kappa shape index (κ1) is 15.2. The third-order valence-corrected chi connectivity index (χ3v) is 5.71. The van der Waals surface area contributed by atoms with Gasteiger partial charge in [0.1, 0.15) is 4.21 Å². The molecule has 0 saturated carbocycles. The van der Waals surface area contributed by atoms with Crippen molar-refractivity contribution in [2.24, 2.45) is 0 Å². The van der Waals surface area contributed by atoms with Crippen LogP contribution in [0.25, 0.3) is 0 Å². The van der Waals surface area contributed by atoms with Gasteiger partial charge in [0.25, 0.3) is 0 Å². The molecule has 2 N–H and O–H groups in total. The van der Waals surface area contributed by atoms with Crippen LogP contribution < -0.4 is 10.0 Å². The summed E-state index contributed by atoms with van der Waals surface area (Å²) >= 11 is 1.29. The molecule has 2 rings (SSSR count). The van der Waals surface area contributed by atoms with Gasteiger partial charge < -0.3 is 5.32 Å². The molecule has 2 aromatic heterocycles. The molecule has 2 heterocycles. The highest BCUT2D eigenvalue weighted by molar-refractivity contribution is 7.91. The fraction of sp³-hybridized carbons (Fsp3) is 0.417. The minimum atomic E-state index is -3.39. The fourth-order valence-electron chi connectivity index (χ4n) is 1.72. The maximum atomic E-state index is 12.1. The van der Waals surface area contributed by atoms with E-state index in [0.29, 0.717) is 30.3 Å². The van der Waals surface area contributed by atoms with Gasteiger partial charge in [0.15, 0.2) is 0 Å². The van der Waals surface area contributed by atoms with Gasteiger partial charge in [0, 0.05) is 36.9 Å². The molecule has 6 nitrogen and oxygen atoms in total. The zero-order valence-corrected chi connectivity index (χ0v) is 12.9. The van der Waals surface area contributed by atoms with Crippen LogP contribution in [0.2, 0.25) is 0 Å². The lowest BCUT2D eigenvalue weighted by molar-refractivity contribution is 0.554. The van der Waals surface area contributed by atoms with E-state index >= 15 is 0 Å². The van der Waals surface area contributed by atoms with Gasteiger partial charge in [0.05, 0.1) is 0 Å². The first-order valence-corrected chi connectivity index (χ1v) is 8.62. The van der Waals surface area contributed by atoms with Gasteiger partial charge in [-0.15, -0.1) is 11.3 Å². The Kier molecular flexibility index (Phi) is 5.30. The highest BCUT2D eigenvalue weighted by Gasteiger charge is 2.15. The van der Waals surface area contributed by atoms with Crippen molar-refractivity contribution < 1.29 is 8.42 Å². The number of rotatable bonds is 8. The third kappa shape index (κ3) is 4.14. The summed E-state index contributed by atoms with van der Waals surface area (Å²) in [6.07, 6.45) is 4.27. The predicted molar refractivity (Wildman–Crippen MR) is 79.1 cm³/mol. The van der Waals surface area contributed by atoms with Crippen LogP contribution in [0.1, 0.15) is 11.3 Å². The summed E-state index contributed by atoms with van der Waals surface area (Å²) in [5.41, 5.74) is 0. The van der Waals surface area contributed by atoms with Gasteiger partial charge in [-0.25, -0.2) is 13.1 Å². The lowest BCUT2D eigenvalue weighted by atomic mass is 10.4. The maximum absolute atomic E-state index is 12.1. The first-order valence-electron chi connectivity index (χ1n) is 6.32. The topological polar surface area (TPSA) is 76.0 Å². The van der Waals surface area contributed by atoms with Gasteiger partial charge in [0.2, 0.25) is 10.0 Å². The largest absolute Gasteiger partial charge is 0.315 e. The maximum Gasteiger partial charge on any atom is 0.250 e. The van der Waals surface area contributed by atoms with Crippen molar-refractivity contribution >= 4 is 21.4 Å². The molecule has 0 saturated heterocycles. The SMILES string of the molecule is CNCc1ccc(S(=O)(=O)NCCCn2cccn2)s1. The van der Waals surface area contributed by atoms with Crippen LogP contribution in [0.15, 0.2) is 34.8 Å². The Morgan fingerprint density at radius 2 is 2.25 bits per heavy atom. The zero-order chi connectivity index (χ0) is 14.4. The summed E-state index contributed by atoms with van der Waals surface area (Å²) in [5.74, 6) is 0. The fourth-order valence-corrected chi connectivity index (χ4v) is 4.21. The van der Waals surface area contributed by atoms with E-state index < -0.39 is 10.0 Å². The van der Waals surface area contributed by atoms with Crippen molar-refractivity contribution in [2.75, 3.05) is 13.6 Å². The standard InChI is InChI=1S/C12H18N4O2S2/c1-13-10-11-4-5-12(19-11)20(17,18)15-7-3-9-16-8-2-6-14-16/h2,4-6,8,13,15H,3,7,9-10H2,1H3. The number of thiophene rings is 1. The third-order valence-electron chi connectivity index (χ3n) is 2.67. The molecule has 0 aliphatic carbocycles. The quantitative estimate of drug-likeness (QED) is 0.714. The van der Waals surface area contributed by atoms with E-state index in [0.717, 1.165) is 4.88 Å². The molecule has 8 heteroatoms. The molecule has 2 aromatic rings. The summed E-state index contributed by atoms with van der Waals surface area (Å²) in [6.45, 7) is 1.78. The van der Waals surface area contributed by atoms with Gasteiger partial charge in [-0.05, 0) is 31.7 Å². The zero-order valence-electron chi connectivity index (χ0n) is 11.2. The van der Waals surface area contributed by atoms with E-state index in [4.69, 9.17) is 0 Å². The normalized spacial score (nSPS) is 11.8. The van der Waals surface area contributed by atoms with Crippen molar-refractivity contribution in [3.8, 4) is 0 Å². The average molecular weight is 314 g/mol. The van der Waals surface area contributed by atoms with Crippen molar-refractivity contribution in [2.45, 2.75) is 23.7 Å². The minimum absolute atomic E-state index is 0.363. The summed E-state index contributed by atoms with van der Waals surface area (Å²) in [4.78, 5) is 1.00. The molecule has 0 fully saturated rings. The molecule has 110 valence electrons. The molecule has 0 aromatic carbocycles. The van der Waals surface area contributed by atoms with Crippen LogP contribution in [-0.2, 0) is 23.1 Å². The summed E-state index contributed by atoms with van der Waals surface area (Å²) < 4.78 is 28.9. The molecule has 20 heavy (non-hydrogen) atoms. The van der Waals surface area contributed by atoms with Crippen molar-refractivity contribution in [1.29, 1.82) is 0 Å². The van der Waals surface area contributed by atoms with E-state index in [1.807, 2.05) is 25.4 Å². The molecule has 0 bridgehead atoms. The second kappa shape index (κ2) is 6.98. The van der Waals surface area contributed by atoms with Gasteiger partial charge in [-0.2, -0.15) is 5.10 Å². The van der Waals surface area contributed by atoms with Crippen molar-refractivity contribution in [3.05, 3.63) is 35.5 Å². The molecule has 0 aliphatic rings. The summed E-state index contributed by atoms with van der Waals surface area (Å²) in [5, 5.41) is 7.07. The number of aromatic nitrogens is 2. The second-order valence-corrected chi connectivity index (χ2v) is 7.43. The molecule has 0 unspecified atom stereocenters. The Morgan fingerprint density at radius 1 is 1.40 bits per heavy atom. The summed E-state index contributed by atoms with van der Waals surface area (Å²) in [7, 11) is -1.55. The monoisotopic (exact) mass is 314 g/mol. The summed E-state index contributed by atoms with van der Waals surface area (Å²) in [6, 6.07) is 5.33. The molecule has 0 radical (unpaired) electrons. The molecular weight excluding hydrogens is 296 g/mol. The van der Waals surface area contributed by atoms with Crippen LogP contribution in [0.5, 0.6) is 0 Å². The predicted octanol–water partition coefficient (Wildman–Crippen LogP) is 1.03. The van der Waals surface area contributed by atoms with Gasteiger partial charge in [-0.1, -0.05) is 0 Å². The van der Waals surface area contributed by atoms with Crippen molar-refractivity contribution in [1.82, 2.24) is 19.8 Å². The van der Waals surface area contributed by atoms with Crippen molar-refractivity contribution in [3.63, 3.8) is 0 Å². The molecule has 0 spiro atoms. The van der Waals surface area contributed by atoms with Crippen LogP contribution >= 0.6 is 11.3 Å². The number of hydrogen-bond donors (Lipinski definition) is 2. The molecule has 0 amide bonds. The molecule has 0 aliphatic heterocycles. The highest BCUT2D eigenvalue weighted by atomic mass is 32.2. The number of sulfonamides is 1. The second-order valence-electron chi connectivity index (χ2n) is 4.27. The lowest BCUT2D eigenvalue weighted by Crippen LogP contribution is -2.24. The van der Waals surface area contributed by atoms with E-state index in [2.05, 4.69) is 15.1 Å². The van der Waals surface area contributed by atoms with Gasteiger partial charge >= 0.3 is 0 Å². The van der Waals surface area contributed by atoms with E-state index in [1.165, 1.54) is 11.3 Å². The van der Waals surface area contributed by atoms with Crippen LogP contribution in [0.3, 0.4) is 0 Å². The minimum Gasteiger partial charge on any atom is -0.315 e. The smallest absolute Gasteiger partial charge is 0.250 e. The number of aryl methyl sites for hydroxylation is 1.